The molecule has 1 aliphatic rings. The summed E-state index contributed by atoms with van der Waals surface area (Å²) in [5.41, 5.74) is 2.29. The average Bonchev–Trinajstić information content (AvgIpc) is 3.43. The number of piperazine rings is 1. The summed E-state index contributed by atoms with van der Waals surface area (Å²) in [7, 11) is 2.14. The third-order valence-corrected chi connectivity index (χ3v) is 6.52. The van der Waals surface area contributed by atoms with Gasteiger partial charge in [-0.1, -0.05) is 6.07 Å². The molecule has 9 heteroatoms. The van der Waals surface area contributed by atoms with Gasteiger partial charge in [0, 0.05) is 49.0 Å². The van der Waals surface area contributed by atoms with E-state index in [-0.39, 0.29) is 5.69 Å². The van der Waals surface area contributed by atoms with E-state index in [1.54, 1.807) is 63.6 Å². The third kappa shape index (κ3) is 6.38. The predicted molar refractivity (Wildman–Crippen MR) is 153 cm³/mol. The molecule has 9 nitrogen and oxygen atoms in total. The maximum Gasteiger partial charge on any atom is 0.412 e. The highest BCUT2D eigenvalue weighted by atomic mass is 16.6. The van der Waals surface area contributed by atoms with E-state index in [4.69, 9.17) is 9.15 Å². The lowest BCUT2D eigenvalue weighted by Crippen LogP contribution is -2.44. The van der Waals surface area contributed by atoms with Gasteiger partial charge in [0.15, 0.2) is 0 Å². The fraction of sp³-hybridized carbons (Fsp3) is 0.300. The molecule has 0 atom stereocenters. The predicted octanol–water partition coefficient (Wildman–Crippen LogP) is 5.85. The second kappa shape index (κ2) is 10.8. The Kier molecular flexibility index (Phi) is 7.26. The number of aromatic nitrogens is 1. The first kappa shape index (κ1) is 26.2. The number of nitrogens with one attached hydrogen (secondary N) is 2. The summed E-state index contributed by atoms with van der Waals surface area (Å²) in [6.07, 6.45) is 2.68. The molecule has 0 spiro atoms. The lowest BCUT2D eigenvalue weighted by molar-refractivity contribution is 0.0635. The van der Waals surface area contributed by atoms with Crippen LogP contribution in [0.3, 0.4) is 0 Å². The number of fused-ring (bicyclic) bond motifs is 1. The van der Waals surface area contributed by atoms with Crippen LogP contribution in [0.4, 0.5) is 21.9 Å². The van der Waals surface area contributed by atoms with Crippen molar-refractivity contribution in [1.29, 1.82) is 0 Å². The van der Waals surface area contributed by atoms with Crippen LogP contribution >= 0.6 is 0 Å². The Bertz CT molecular complexity index is 1490. The van der Waals surface area contributed by atoms with E-state index in [1.165, 1.54) is 0 Å². The number of anilines is 3. The third-order valence-electron chi connectivity index (χ3n) is 6.52. The van der Waals surface area contributed by atoms with Gasteiger partial charge in [0.25, 0.3) is 5.91 Å². The Hall–Kier alpha value is -4.37. The summed E-state index contributed by atoms with van der Waals surface area (Å²) < 4.78 is 10.9. The number of ether oxygens (including phenoxy) is 1. The highest BCUT2D eigenvalue weighted by molar-refractivity contribution is 6.07. The number of benzene rings is 2. The molecule has 0 saturated carbocycles. The number of pyridine rings is 1. The van der Waals surface area contributed by atoms with Gasteiger partial charge in [0.2, 0.25) is 0 Å². The molecule has 1 fully saturated rings. The Labute approximate surface area is 227 Å². The number of carbonyl (C=O) groups is 2. The summed E-state index contributed by atoms with van der Waals surface area (Å²) >= 11 is 0. The molecule has 2 aromatic heterocycles. The molecule has 1 aliphatic heterocycles. The minimum Gasteiger partial charge on any atom is -0.464 e. The van der Waals surface area contributed by atoms with Gasteiger partial charge in [0.05, 0.1) is 17.6 Å². The molecular weight excluding hydrogens is 494 g/mol. The minimum absolute atomic E-state index is 0.265. The number of rotatable bonds is 5. The number of amides is 2. The molecular formula is C30H33N5O4. The number of hydrogen-bond acceptors (Lipinski definition) is 7. The number of furan rings is 1. The van der Waals surface area contributed by atoms with Gasteiger partial charge in [-0.05, 0) is 81.7 Å². The van der Waals surface area contributed by atoms with Gasteiger partial charge in [-0.25, -0.2) is 4.79 Å². The number of nitrogens with zero attached hydrogens (tertiary/aromatic N) is 3. The first-order chi connectivity index (χ1) is 18.6. The summed E-state index contributed by atoms with van der Waals surface area (Å²) in [5.74, 6) is 0.234. The van der Waals surface area contributed by atoms with Crippen molar-refractivity contribution in [1.82, 2.24) is 9.88 Å². The second-order valence-electron chi connectivity index (χ2n) is 10.7. The molecule has 0 unspecified atom stereocenters. The lowest BCUT2D eigenvalue weighted by atomic mass is 10.1. The van der Waals surface area contributed by atoms with E-state index in [0.717, 1.165) is 48.2 Å². The van der Waals surface area contributed by atoms with Crippen molar-refractivity contribution < 1.29 is 18.7 Å². The minimum atomic E-state index is -0.666. The van der Waals surface area contributed by atoms with Gasteiger partial charge >= 0.3 is 6.09 Å². The standard InChI is InChI=1S/C30H33N5O4/c1-30(2,3)39-29(37)33-24-10-8-21(27-6-5-15-38-27)18-25(24)32-28(36)26-17-20-7-9-23(16-22(20)19-31-26)35-13-11-34(4)12-14-35/h5-10,15-19H,11-14H2,1-4H3,(H,32,36)(H,33,37). The molecule has 1 saturated heterocycles. The van der Waals surface area contributed by atoms with Crippen LogP contribution in [0.5, 0.6) is 0 Å². The smallest absolute Gasteiger partial charge is 0.412 e. The SMILES string of the molecule is CN1CCN(c2ccc3cc(C(=O)Nc4cc(-c5ccco5)ccc4NC(=O)OC(C)(C)C)ncc3c2)CC1. The molecule has 39 heavy (non-hydrogen) atoms. The second-order valence-corrected chi connectivity index (χ2v) is 10.7. The fourth-order valence-electron chi connectivity index (χ4n) is 4.47. The Morgan fingerprint density at radius 3 is 2.44 bits per heavy atom. The van der Waals surface area contributed by atoms with Crippen LogP contribution in [0, 0.1) is 0 Å². The first-order valence-electron chi connectivity index (χ1n) is 13.0. The summed E-state index contributed by atoms with van der Waals surface area (Å²) in [6.45, 7) is 9.38. The van der Waals surface area contributed by atoms with E-state index in [0.29, 0.717) is 17.1 Å². The van der Waals surface area contributed by atoms with Crippen LogP contribution < -0.4 is 15.5 Å². The molecule has 3 heterocycles. The molecule has 202 valence electrons. The Morgan fingerprint density at radius 2 is 1.72 bits per heavy atom. The summed E-state index contributed by atoms with van der Waals surface area (Å²) in [4.78, 5) is 34.9. The topological polar surface area (TPSA) is 99.9 Å². The molecule has 0 aliphatic carbocycles. The highest BCUT2D eigenvalue weighted by Crippen LogP contribution is 2.31. The zero-order valence-corrected chi connectivity index (χ0v) is 22.7. The number of carbonyl (C=O) groups excluding carboxylic acids is 2. The fourth-order valence-corrected chi connectivity index (χ4v) is 4.47. The van der Waals surface area contributed by atoms with Crippen molar-refractivity contribution in [2.24, 2.45) is 0 Å². The van der Waals surface area contributed by atoms with Crippen molar-refractivity contribution in [2.75, 3.05) is 48.8 Å². The molecule has 2 N–H and O–H groups in total. The normalized spacial score (nSPS) is 14.3. The van der Waals surface area contributed by atoms with Gasteiger partial charge in [0.1, 0.15) is 17.1 Å². The van der Waals surface area contributed by atoms with E-state index < -0.39 is 17.6 Å². The van der Waals surface area contributed by atoms with Gasteiger partial charge < -0.3 is 24.3 Å². The van der Waals surface area contributed by atoms with Crippen LogP contribution in [0.1, 0.15) is 31.3 Å². The van der Waals surface area contributed by atoms with Gasteiger partial charge in [-0.3, -0.25) is 15.1 Å². The molecule has 0 radical (unpaired) electrons. The van der Waals surface area contributed by atoms with Crippen molar-refractivity contribution in [2.45, 2.75) is 26.4 Å². The average molecular weight is 528 g/mol. The summed E-state index contributed by atoms with van der Waals surface area (Å²) in [6, 6.07) is 16.9. The zero-order valence-electron chi connectivity index (χ0n) is 22.7. The van der Waals surface area contributed by atoms with E-state index in [2.05, 4.69) is 44.6 Å². The molecule has 0 bridgehead atoms. The largest absolute Gasteiger partial charge is 0.464 e. The van der Waals surface area contributed by atoms with Crippen molar-refractivity contribution in [3.8, 4) is 11.3 Å². The Balaban J connectivity index is 1.38. The van der Waals surface area contributed by atoms with E-state index >= 15 is 0 Å². The zero-order chi connectivity index (χ0) is 27.6. The van der Waals surface area contributed by atoms with Crippen LogP contribution in [0.2, 0.25) is 0 Å². The van der Waals surface area contributed by atoms with E-state index in [1.807, 2.05) is 12.1 Å². The Morgan fingerprint density at radius 1 is 0.923 bits per heavy atom. The molecule has 2 amide bonds. The highest BCUT2D eigenvalue weighted by Gasteiger charge is 2.20. The lowest BCUT2D eigenvalue weighted by Gasteiger charge is -2.34. The van der Waals surface area contributed by atoms with Crippen molar-refractivity contribution in [3.05, 3.63) is 72.8 Å². The molecule has 4 aromatic rings. The van der Waals surface area contributed by atoms with Gasteiger partial charge in [-0.2, -0.15) is 0 Å². The maximum atomic E-state index is 13.3. The molecule has 2 aromatic carbocycles. The number of hydrogen-bond donors (Lipinski definition) is 2. The van der Waals surface area contributed by atoms with Gasteiger partial charge in [-0.15, -0.1) is 0 Å². The van der Waals surface area contributed by atoms with Crippen molar-refractivity contribution >= 4 is 39.8 Å². The summed E-state index contributed by atoms with van der Waals surface area (Å²) in [5, 5.41) is 7.52. The first-order valence-corrected chi connectivity index (χ1v) is 13.0. The van der Waals surface area contributed by atoms with Crippen LogP contribution in [0.15, 0.2) is 71.5 Å². The monoisotopic (exact) mass is 527 g/mol. The van der Waals surface area contributed by atoms with E-state index in [9.17, 15) is 9.59 Å². The van der Waals surface area contributed by atoms with Crippen LogP contribution in [-0.4, -0.2) is 60.7 Å². The molecule has 5 rings (SSSR count). The van der Waals surface area contributed by atoms with Crippen molar-refractivity contribution in [3.63, 3.8) is 0 Å². The van der Waals surface area contributed by atoms with Crippen LogP contribution in [0.25, 0.3) is 22.1 Å². The maximum absolute atomic E-state index is 13.3. The number of likely N-dealkylation sites (N-methyl/N-ethyl adjacent to an activating group) is 1. The quantitative estimate of drug-likeness (QED) is 0.336. The van der Waals surface area contributed by atoms with Crippen LogP contribution in [-0.2, 0) is 4.74 Å².